The van der Waals surface area contributed by atoms with Gasteiger partial charge in [-0.25, -0.2) is 14.6 Å². The van der Waals surface area contributed by atoms with Crippen LogP contribution in [-0.2, 0) is 20.8 Å². The summed E-state index contributed by atoms with van der Waals surface area (Å²) >= 11 is 6.46. The summed E-state index contributed by atoms with van der Waals surface area (Å²) in [5.74, 6) is 1.52. The molecule has 0 amide bonds. The molecule has 2 aliphatic rings. The summed E-state index contributed by atoms with van der Waals surface area (Å²) in [6.07, 6.45) is 12.0. The lowest BCUT2D eigenvalue weighted by Gasteiger charge is -2.38. The summed E-state index contributed by atoms with van der Waals surface area (Å²) in [4.78, 5) is 11.8. The van der Waals surface area contributed by atoms with Gasteiger partial charge in [0.2, 0.25) is 5.95 Å². The third kappa shape index (κ3) is 9.85. The van der Waals surface area contributed by atoms with E-state index < -0.39 is 0 Å². The quantitative estimate of drug-likeness (QED) is 0.155. The number of methoxy groups -OCH3 is 1. The molecular formula is C33H45ClN10O5. The van der Waals surface area contributed by atoms with Crippen molar-refractivity contribution >= 4 is 23.2 Å². The number of nitrogens with one attached hydrogen (secondary N) is 1. The van der Waals surface area contributed by atoms with Crippen molar-refractivity contribution in [1.82, 2.24) is 44.9 Å². The summed E-state index contributed by atoms with van der Waals surface area (Å²) in [5.41, 5.74) is 2.41. The van der Waals surface area contributed by atoms with Gasteiger partial charge in [-0.05, 0) is 60.7 Å². The molecular weight excluding hydrogens is 652 g/mol. The van der Waals surface area contributed by atoms with E-state index in [9.17, 15) is 0 Å². The summed E-state index contributed by atoms with van der Waals surface area (Å²) in [5, 5.41) is 20.0. The monoisotopic (exact) mass is 696 g/mol. The Balaban J connectivity index is 1.10. The molecule has 3 aromatic heterocycles. The van der Waals surface area contributed by atoms with Gasteiger partial charge in [-0.1, -0.05) is 17.7 Å². The Kier molecular flexibility index (Phi) is 12.6. The lowest BCUT2D eigenvalue weighted by atomic mass is 9.90. The number of morpholine rings is 1. The summed E-state index contributed by atoms with van der Waals surface area (Å²) in [7, 11) is 1.66. The standard InChI is InChI=1S/C33H45ClN10O5/c1-24(21-43-23-37-40-41-43)49-31-18-25(4-9-29(31)34)26-19-35-33(36-20-26)38-30-22-44(39-32(30)48-13-3-12-46-17-16-45-2)28-7-5-27(6-8-28)42-10-14-47-15-11-42/h4,9,18-20,22-24,27-28H,3,5-8,10-17,21H2,1-2H3,(H,35,36,38). The van der Waals surface area contributed by atoms with Crippen LogP contribution in [0.25, 0.3) is 11.1 Å². The van der Waals surface area contributed by atoms with E-state index in [0.29, 0.717) is 67.7 Å². The fraction of sp³-hybridized carbons (Fsp3) is 0.576. The van der Waals surface area contributed by atoms with Gasteiger partial charge in [0, 0.05) is 57.2 Å². The second-order valence-corrected chi connectivity index (χ2v) is 12.7. The summed E-state index contributed by atoms with van der Waals surface area (Å²) in [6.45, 7) is 8.29. The van der Waals surface area contributed by atoms with Crippen LogP contribution in [0.2, 0.25) is 5.02 Å². The van der Waals surface area contributed by atoms with Gasteiger partial charge in [0.1, 0.15) is 23.9 Å². The van der Waals surface area contributed by atoms with E-state index in [1.807, 2.05) is 29.9 Å². The molecule has 15 nitrogen and oxygen atoms in total. The van der Waals surface area contributed by atoms with Crippen LogP contribution in [0.5, 0.6) is 11.6 Å². The number of aromatic nitrogens is 8. The molecule has 16 heteroatoms. The van der Waals surface area contributed by atoms with Crippen molar-refractivity contribution in [2.45, 2.75) is 63.8 Å². The fourth-order valence-electron chi connectivity index (χ4n) is 6.18. The van der Waals surface area contributed by atoms with Crippen LogP contribution in [0.4, 0.5) is 11.6 Å². The maximum atomic E-state index is 6.46. The van der Waals surface area contributed by atoms with Crippen molar-refractivity contribution in [2.24, 2.45) is 0 Å². The predicted octanol–water partition coefficient (Wildman–Crippen LogP) is 4.44. The molecule has 1 N–H and O–H groups in total. The van der Waals surface area contributed by atoms with Gasteiger partial charge in [0.05, 0.1) is 56.8 Å². The van der Waals surface area contributed by atoms with Gasteiger partial charge in [-0.3, -0.25) is 9.58 Å². The predicted molar refractivity (Wildman–Crippen MR) is 182 cm³/mol. The Hall–Kier alpha value is -3.89. The molecule has 1 aliphatic heterocycles. The van der Waals surface area contributed by atoms with Crippen LogP contribution in [-0.4, -0.2) is 117 Å². The third-order valence-electron chi connectivity index (χ3n) is 8.73. The molecule has 0 radical (unpaired) electrons. The van der Waals surface area contributed by atoms with Crippen LogP contribution >= 0.6 is 11.6 Å². The summed E-state index contributed by atoms with van der Waals surface area (Å²) < 4.78 is 32.1. The Morgan fingerprint density at radius 2 is 1.80 bits per heavy atom. The molecule has 1 atom stereocenters. The first-order valence-electron chi connectivity index (χ1n) is 16.9. The van der Waals surface area contributed by atoms with E-state index in [2.05, 4.69) is 35.7 Å². The van der Waals surface area contributed by atoms with Crippen molar-refractivity contribution in [1.29, 1.82) is 0 Å². The Labute approximate surface area is 291 Å². The van der Waals surface area contributed by atoms with E-state index in [0.717, 1.165) is 75.2 Å². The largest absolute Gasteiger partial charge is 0.487 e. The number of hydrogen-bond donors (Lipinski definition) is 1. The Morgan fingerprint density at radius 3 is 2.55 bits per heavy atom. The lowest BCUT2D eigenvalue weighted by molar-refractivity contribution is 0.00502. The topological polar surface area (TPSA) is 149 Å². The van der Waals surface area contributed by atoms with Crippen LogP contribution in [0.1, 0.15) is 45.1 Å². The van der Waals surface area contributed by atoms with Gasteiger partial charge in [0.15, 0.2) is 0 Å². The number of rotatable bonds is 17. The average Bonchev–Trinajstić information content (AvgIpc) is 3.79. The number of halogens is 1. The van der Waals surface area contributed by atoms with Gasteiger partial charge in [-0.15, -0.1) is 10.2 Å². The minimum atomic E-state index is -0.209. The highest BCUT2D eigenvalue weighted by molar-refractivity contribution is 6.32. The molecule has 2 fully saturated rings. The van der Waals surface area contributed by atoms with Gasteiger partial charge in [0.25, 0.3) is 5.88 Å². The molecule has 6 rings (SSSR count). The number of anilines is 2. The van der Waals surface area contributed by atoms with Crippen molar-refractivity contribution in [3.8, 4) is 22.8 Å². The van der Waals surface area contributed by atoms with Gasteiger partial charge in [-0.2, -0.15) is 0 Å². The minimum absolute atomic E-state index is 0.209. The molecule has 1 unspecified atom stereocenters. The number of tetrazole rings is 1. The maximum Gasteiger partial charge on any atom is 0.256 e. The first kappa shape index (κ1) is 35.0. The second-order valence-electron chi connectivity index (χ2n) is 12.3. The van der Waals surface area contributed by atoms with Crippen molar-refractivity contribution in [3.05, 3.63) is 48.1 Å². The van der Waals surface area contributed by atoms with Crippen molar-refractivity contribution in [2.75, 3.05) is 65.2 Å². The molecule has 4 aromatic rings. The zero-order valence-corrected chi connectivity index (χ0v) is 28.9. The molecule has 264 valence electrons. The van der Waals surface area contributed by atoms with Crippen molar-refractivity contribution < 1.29 is 23.7 Å². The SMILES string of the molecule is COCCOCCCOc1nn(C2CCC(N3CCOCC3)CC2)cc1Nc1ncc(-c2ccc(Cl)c(OC(C)Cn3cnnn3)c2)cn1. The van der Waals surface area contributed by atoms with Crippen LogP contribution < -0.4 is 14.8 Å². The molecule has 0 spiro atoms. The number of benzene rings is 1. The van der Waals surface area contributed by atoms with Gasteiger partial charge >= 0.3 is 0 Å². The van der Waals surface area contributed by atoms with Crippen LogP contribution in [0, 0.1) is 0 Å². The smallest absolute Gasteiger partial charge is 0.256 e. The minimum Gasteiger partial charge on any atom is -0.487 e. The normalized spacial score (nSPS) is 19.1. The summed E-state index contributed by atoms with van der Waals surface area (Å²) in [6, 6.07) is 6.51. The molecule has 1 aliphatic carbocycles. The van der Waals surface area contributed by atoms with Crippen LogP contribution in [0.15, 0.2) is 43.1 Å². The zero-order chi connectivity index (χ0) is 33.8. The highest BCUT2D eigenvalue weighted by Gasteiger charge is 2.29. The fourth-order valence-corrected chi connectivity index (χ4v) is 6.34. The molecule has 49 heavy (non-hydrogen) atoms. The van der Waals surface area contributed by atoms with E-state index >= 15 is 0 Å². The van der Waals surface area contributed by atoms with E-state index in [4.69, 9.17) is 40.4 Å². The zero-order valence-electron chi connectivity index (χ0n) is 28.1. The van der Waals surface area contributed by atoms with E-state index in [-0.39, 0.29) is 6.10 Å². The number of nitrogens with zero attached hydrogens (tertiary/aromatic N) is 9. The molecule has 0 bridgehead atoms. The Bertz CT molecular complexity index is 1560. The molecule has 1 saturated carbocycles. The van der Waals surface area contributed by atoms with E-state index in [1.54, 1.807) is 36.6 Å². The third-order valence-corrected chi connectivity index (χ3v) is 9.04. The number of ether oxygens (including phenoxy) is 5. The first-order chi connectivity index (χ1) is 24.1. The van der Waals surface area contributed by atoms with Gasteiger partial charge < -0.3 is 29.0 Å². The van der Waals surface area contributed by atoms with Crippen LogP contribution in [0.3, 0.4) is 0 Å². The van der Waals surface area contributed by atoms with Crippen molar-refractivity contribution in [3.63, 3.8) is 0 Å². The number of hydrogen-bond acceptors (Lipinski definition) is 13. The second kappa shape index (κ2) is 17.7. The highest BCUT2D eigenvalue weighted by Crippen LogP contribution is 2.35. The highest BCUT2D eigenvalue weighted by atomic mass is 35.5. The molecule has 4 heterocycles. The molecule has 1 saturated heterocycles. The van der Waals surface area contributed by atoms with E-state index in [1.165, 1.54) is 0 Å². The molecule has 1 aromatic carbocycles. The average molecular weight is 697 g/mol. The first-order valence-corrected chi connectivity index (χ1v) is 17.3. The Morgan fingerprint density at radius 1 is 1.00 bits per heavy atom. The maximum absolute atomic E-state index is 6.46. The lowest BCUT2D eigenvalue weighted by Crippen LogP contribution is -2.45.